The molecule has 7 heteroatoms. The molecule has 1 aliphatic rings. The fraction of sp³-hybridized carbons (Fsp3) is 0.263. The average Bonchev–Trinajstić information content (AvgIpc) is 3.36. The van der Waals surface area contributed by atoms with Crippen molar-refractivity contribution in [2.24, 2.45) is 0 Å². The Morgan fingerprint density at radius 2 is 2.04 bits per heavy atom. The van der Waals surface area contributed by atoms with E-state index in [0.29, 0.717) is 5.56 Å². The maximum absolute atomic E-state index is 12.8. The van der Waals surface area contributed by atoms with Crippen LogP contribution in [0.15, 0.2) is 49.2 Å². The number of nitrogens with zero attached hydrogens (tertiary/aromatic N) is 5. The van der Waals surface area contributed by atoms with Gasteiger partial charge in [-0.05, 0) is 55.7 Å². The fourth-order valence-corrected chi connectivity index (χ4v) is 3.25. The zero-order valence-electron chi connectivity index (χ0n) is 14.6. The summed E-state index contributed by atoms with van der Waals surface area (Å²) in [6, 6.07) is 9.34. The molecule has 1 aromatic carbocycles. The molecule has 0 bridgehead atoms. The van der Waals surface area contributed by atoms with Crippen LogP contribution in [0.2, 0.25) is 0 Å². The smallest absolute Gasteiger partial charge is 0.256 e. The SMILES string of the molecule is Cc1cc(-n2cncn2)ccc1C(=O)Nc1cccnc1N1CCCC1. The van der Waals surface area contributed by atoms with Gasteiger partial charge >= 0.3 is 0 Å². The van der Waals surface area contributed by atoms with Crippen LogP contribution in [0.5, 0.6) is 0 Å². The highest BCUT2D eigenvalue weighted by Gasteiger charge is 2.19. The second-order valence-electron chi connectivity index (χ2n) is 6.36. The highest BCUT2D eigenvalue weighted by molar-refractivity contribution is 6.06. The maximum Gasteiger partial charge on any atom is 0.256 e. The van der Waals surface area contributed by atoms with Crippen LogP contribution in [0, 0.1) is 6.92 Å². The summed E-state index contributed by atoms with van der Waals surface area (Å²) in [6.45, 7) is 3.87. The van der Waals surface area contributed by atoms with Crippen molar-refractivity contribution in [3.63, 3.8) is 0 Å². The average molecular weight is 348 g/mol. The summed E-state index contributed by atoms with van der Waals surface area (Å²) in [4.78, 5) is 23.4. The molecule has 4 rings (SSSR count). The summed E-state index contributed by atoms with van der Waals surface area (Å²) in [5, 5.41) is 7.14. The van der Waals surface area contributed by atoms with Crippen LogP contribution in [-0.4, -0.2) is 38.7 Å². The lowest BCUT2D eigenvalue weighted by molar-refractivity contribution is 0.102. The van der Waals surface area contributed by atoms with Crippen molar-refractivity contribution in [2.75, 3.05) is 23.3 Å². The van der Waals surface area contributed by atoms with Crippen molar-refractivity contribution >= 4 is 17.4 Å². The van der Waals surface area contributed by atoms with E-state index in [2.05, 4.69) is 25.3 Å². The molecule has 1 N–H and O–H groups in total. The van der Waals surface area contributed by atoms with Gasteiger partial charge in [-0.25, -0.2) is 14.6 Å². The number of carbonyl (C=O) groups is 1. The molecule has 0 unspecified atom stereocenters. The predicted molar refractivity (Wildman–Crippen MR) is 99.7 cm³/mol. The number of amides is 1. The first-order chi connectivity index (χ1) is 12.7. The molecule has 132 valence electrons. The lowest BCUT2D eigenvalue weighted by Gasteiger charge is -2.20. The van der Waals surface area contributed by atoms with Gasteiger partial charge in [0.2, 0.25) is 0 Å². The molecule has 26 heavy (non-hydrogen) atoms. The summed E-state index contributed by atoms with van der Waals surface area (Å²) >= 11 is 0. The zero-order valence-corrected chi connectivity index (χ0v) is 14.6. The number of anilines is 2. The Balaban J connectivity index is 1.57. The molecule has 1 saturated heterocycles. The molecule has 3 aromatic rings. The summed E-state index contributed by atoms with van der Waals surface area (Å²) in [5.74, 6) is 0.705. The normalized spacial score (nSPS) is 13.8. The maximum atomic E-state index is 12.8. The van der Waals surface area contributed by atoms with Gasteiger partial charge in [-0.3, -0.25) is 4.79 Å². The van der Waals surface area contributed by atoms with Crippen LogP contribution < -0.4 is 10.2 Å². The molecule has 0 aliphatic carbocycles. The van der Waals surface area contributed by atoms with Gasteiger partial charge in [0.05, 0.1) is 11.4 Å². The van der Waals surface area contributed by atoms with Gasteiger partial charge in [0.15, 0.2) is 5.82 Å². The Morgan fingerprint density at radius 3 is 2.77 bits per heavy atom. The van der Waals surface area contributed by atoms with Gasteiger partial charge in [0.1, 0.15) is 12.7 Å². The van der Waals surface area contributed by atoms with Crippen LogP contribution in [-0.2, 0) is 0 Å². The number of benzene rings is 1. The summed E-state index contributed by atoms with van der Waals surface area (Å²) in [6.07, 6.45) is 7.20. The van der Waals surface area contributed by atoms with Crippen molar-refractivity contribution in [3.8, 4) is 5.69 Å². The molecule has 1 fully saturated rings. The van der Waals surface area contributed by atoms with Crippen LogP contribution >= 0.6 is 0 Å². The van der Waals surface area contributed by atoms with Crippen LogP contribution in [0.25, 0.3) is 5.69 Å². The lowest BCUT2D eigenvalue weighted by atomic mass is 10.1. The second-order valence-corrected chi connectivity index (χ2v) is 6.36. The molecule has 0 radical (unpaired) electrons. The van der Waals surface area contributed by atoms with E-state index in [1.165, 1.54) is 6.33 Å². The van der Waals surface area contributed by atoms with Crippen molar-refractivity contribution in [1.82, 2.24) is 19.7 Å². The van der Waals surface area contributed by atoms with Crippen molar-refractivity contribution < 1.29 is 4.79 Å². The minimum Gasteiger partial charge on any atom is -0.355 e. The highest BCUT2D eigenvalue weighted by atomic mass is 16.1. The molecular formula is C19H20N6O. The third-order valence-electron chi connectivity index (χ3n) is 4.58. The number of nitrogens with one attached hydrogen (secondary N) is 1. The van der Waals surface area contributed by atoms with E-state index in [-0.39, 0.29) is 5.91 Å². The fourth-order valence-electron chi connectivity index (χ4n) is 3.25. The number of hydrogen-bond acceptors (Lipinski definition) is 5. The number of hydrogen-bond donors (Lipinski definition) is 1. The molecule has 0 saturated carbocycles. The quantitative estimate of drug-likeness (QED) is 0.785. The van der Waals surface area contributed by atoms with E-state index in [1.54, 1.807) is 17.2 Å². The molecule has 1 aliphatic heterocycles. The number of rotatable bonds is 4. The minimum atomic E-state index is -0.138. The van der Waals surface area contributed by atoms with Gasteiger partial charge in [-0.15, -0.1) is 0 Å². The lowest BCUT2D eigenvalue weighted by Crippen LogP contribution is -2.22. The molecule has 2 aromatic heterocycles. The molecule has 0 atom stereocenters. The Bertz CT molecular complexity index is 916. The molecule has 7 nitrogen and oxygen atoms in total. The van der Waals surface area contributed by atoms with Crippen molar-refractivity contribution in [3.05, 3.63) is 60.3 Å². The van der Waals surface area contributed by atoms with Crippen molar-refractivity contribution in [2.45, 2.75) is 19.8 Å². The first kappa shape index (κ1) is 16.3. The Morgan fingerprint density at radius 1 is 1.19 bits per heavy atom. The Labute approximate surface area is 151 Å². The second kappa shape index (κ2) is 6.95. The summed E-state index contributed by atoms with van der Waals surface area (Å²) in [5.41, 5.74) is 3.13. The molecular weight excluding hydrogens is 328 g/mol. The number of carbonyl (C=O) groups excluding carboxylic acids is 1. The van der Waals surface area contributed by atoms with Gasteiger partial charge in [-0.2, -0.15) is 5.10 Å². The first-order valence-electron chi connectivity index (χ1n) is 8.69. The predicted octanol–water partition coefficient (Wildman–Crippen LogP) is 2.82. The van der Waals surface area contributed by atoms with Crippen molar-refractivity contribution in [1.29, 1.82) is 0 Å². The third-order valence-corrected chi connectivity index (χ3v) is 4.58. The van der Waals surface area contributed by atoms with E-state index >= 15 is 0 Å². The highest BCUT2D eigenvalue weighted by Crippen LogP contribution is 2.27. The van der Waals surface area contributed by atoms with E-state index in [0.717, 1.165) is 48.7 Å². The third kappa shape index (κ3) is 3.15. The number of pyridine rings is 1. The van der Waals surface area contributed by atoms with E-state index in [4.69, 9.17) is 0 Å². The monoisotopic (exact) mass is 348 g/mol. The summed E-state index contributed by atoms with van der Waals surface area (Å²) < 4.78 is 1.67. The Kier molecular flexibility index (Phi) is 4.35. The van der Waals surface area contributed by atoms with E-state index < -0.39 is 0 Å². The molecule has 3 heterocycles. The van der Waals surface area contributed by atoms with Crippen LogP contribution in [0.3, 0.4) is 0 Å². The van der Waals surface area contributed by atoms with Gasteiger partial charge in [0.25, 0.3) is 5.91 Å². The topological polar surface area (TPSA) is 75.9 Å². The van der Waals surface area contributed by atoms with Crippen LogP contribution in [0.1, 0.15) is 28.8 Å². The standard InChI is InChI=1S/C19H20N6O/c1-14-11-15(25-13-20-12-22-25)6-7-16(14)19(26)23-17-5-4-8-21-18(17)24-9-2-3-10-24/h4-8,11-13H,2-3,9-10H2,1H3,(H,23,26). The Hall–Kier alpha value is -3.22. The van der Waals surface area contributed by atoms with Gasteiger partial charge in [0, 0.05) is 24.8 Å². The van der Waals surface area contributed by atoms with E-state index in [1.807, 2.05) is 37.3 Å². The zero-order chi connectivity index (χ0) is 17.9. The first-order valence-corrected chi connectivity index (χ1v) is 8.69. The van der Waals surface area contributed by atoms with Crippen LogP contribution in [0.4, 0.5) is 11.5 Å². The minimum absolute atomic E-state index is 0.138. The molecule has 0 spiro atoms. The van der Waals surface area contributed by atoms with Gasteiger partial charge in [-0.1, -0.05) is 0 Å². The van der Waals surface area contributed by atoms with E-state index in [9.17, 15) is 4.79 Å². The molecule has 1 amide bonds. The largest absolute Gasteiger partial charge is 0.355 e. The summed E-state index contributed by atoms with van der Waals surface area (Å²) in [7, 11) is 0. The van der Waals surface area contributed by atoms with Gasteiger partial charge < -0.3 is 10.2 Å². The number of aromatic nitrogens is 4. The number of aryl methyl sites for hydroxylation is 1.